The predicted molar refractivity (Wildman–Crippen MR) is 224 cm³/mol. The lowest BCUT2D eigenvalue weighted by molar-refractivity contribution is -0.163. The molecular weight excluding hydrogens is 645 g/mol. The molecule has 0 rings (SSSR count). The van der Waals surface area contributed by atoms with Crippen molar-refractivity contribution in [3.8, 4) is 0 Å². The Balaban J connectivity index is 4.04. The van der Waals surface area contributed by atoms with Gasteiger partial charge in [0.15, 0.2) is 6.10 Å². The molecule has 0 aliphatic rings. The second-order valence-corrected chi connectivity index (χ2v) is 15.7. The summed E-state index contributed by atoms with van der Waals surface area (Å²) >= 11 is 0. The standard InChI is InChI=1S/C47H90O5/c1-4-7-10-13-16-18-20-21-22-23-24-25-26-27-28-29-32-34-37-40-46(48)51-44-45(52-47(49)41-38-35-31-15-12-9-6-3)43-50-42-39-36-33-30-19-17-14-11-8-5-2/h21-22,45H,4-20,23-44H2,1-3H3/b22-21-. The minimum Gasteiger partial charge on any atom is -0.462 e. The van der Waals surface area contributed by atoms with E-state index in [1.807, 2.05) is 0 Å². The van der Waals surface area contributed by atoms with Gasteiger partial charge in [-0.2, -0.15) is 0 Å². The van der Waals surface area contributed by atoms with Crippen LogP contribution in [0.5, 0.6) is 0 Å². The van der Waals surface area contributed by atoms with E-state index >= 15 is 0 Å². The SMILES string of the molecule is CCCCCCCC/C=C\CCCCCCCCCCCC(=O)OCC(COCCCCCCCCCCCC)OC(=O)CCCCCCCCC. The summed E-state index contributed by atoms with van der Waals surface area (Å²) in [5.41, 5.74) is 0. The second kappa shape index (κ2) is 44.0. The molecule has 1 atom stereocenters. The van der Waals surface area contributed by atoms with Crippen LogP contribution in [0.25, 0.3) is 0 Å². The minimum atomic E-state index is -0.523. The van der Waals surface area contributed by atoms with Gasteiger partial charge < -0.3 is 14.2 Å². The van der Waals surface area contributed by atoms with Crippen molar-refractivity contribution in [1.29, 1.82) is 0 Å². The van der Waals surface area contributed by atoms with Crippen LogP contribution in [0.4, 0.5) is 0 Å². The highest BCUT2D eigenvalue weighted by molar-refractivity contribution is 5.70. The molecule has 0 saturated heterocycles. The number of ether oxygens (including phenoxy) is 3. The van der Waals surface area contributed by atoms with Gasteiger partial charge in [-0.15, -0.1) is 0 Å². The van der Waals surface area contributed by atoms with Crippen molar-refractivity contribution >= 4 is 11.9 Å². The summed E-state index contributed by atoms with van der Waals surface area (Å²) in [4.78, 5) is 25.1. The first-order valence-corrected chi connectivity index (χ1v) is 23.2. The quantitative estimate of drug-likeness (QED) is 0.0355. The number of allylic oxidation sites excluding steroid dienone is 2. The number of rotatable bonds is 43. The molecule has 0 heterocycles. The van der Waals surface area contributed by atoms with Gasteiger partial charge in [-0.05, 0) is 44.9 Å². The lowest BCUT2D eigenvalue weighted by atomic mass is 10.1. The van der Waals surface area contributed by atoms with Crippen molar-refractivity contribution in [1.82, 2.24) is 0 Å². The number of carbonyl (C=O) groups excluding carboxylic acids is 2. The number of carbonyl (C=O) groups is 2. The van der Waals surface area contributed by atoms with Crippen LogP contribution in [0.15, 0.2) is 12.2 Å². The Morgan fingerprint density at radius 1 is 0.404 bits per heavy atom. The van der Waals surface area contributed by atoms with Gasteiger partial charge in [-0.25, -0.2) is 0 Å². The number of esters is 2. The zero-order valence-corrected chi connectivity index (χ0v) is 35.4. The summed E-state index contributed by atoms with van der Waals surface area (Å²) in [6.07, 6.45) is 47.9. The van der Waals surface area contributed by atoms with Crippen LogP contribution in [0.1, 0.15) is 252 Å². The lowest BCUT2D eigenvalue weighted by Crippen LogP contribution is -2.30. The average Bonchev–Trinajstić information content (AvgIpc) is 3.14. The third kappa shape index (κ3) is 41.4. The van der Waals surface area contributed by atoms with Gasteiger partial charge >= 0.3 is 11.9 Å². The van der Waals surface area contributed by atoms with Gasteiger partial charge in [0.1, 0.15) is 6.61 Å². The van der Waals surface area contributed by atoms with Gasteiger partial charge in [0.05, 0.1) is 6.61 Å². The number of unbranched alkanes of at least 4 members (excludes halogenated alkanes) is 30. The summed E-state index contributed by atoms with van der Waals surface area (Å²) < 4.78 is 17.2. The van der Waals surface area contributed by atoms with Gasteiger partial charge in [-0.3, -0.25) is 9.59 Å². The van der Waals surface area contributed by atoms with E-state index in [4.69, 9.17) is 14.2 Å². The molecule has 0 saturated carbocycles. The molecule has 5 heteroatoms. The van der Waals surface area contributed by atoms with Gasteiger partial charge in [0.25, 0.3) is 0 Å². The molecule has 0 radical (unpaired) electrons. The zero-order chi connectivity index (χ0) is 37.8. The van der Waals surface area contributed by atoms with E-state index in [0.717, 1.165) is 32.1 Å². The number of hydrogen-bond donors (Lipinski definition) is 0. The normalized spacial score (nSPS) is 12.1. The Labute approximate surface area is 325 Å². The Morgan fingerprint density at radius 2 is 0.750 bits per heavy atom. The maximum Gasteiger partial charge on any atom is 0.306 e. The molecule has 5 nitrogen and oxygen atoms in total. The van der Waals surface area contributed by atoms with Crippen LogP contribution >= 0.6 is 0 Å². The Kier molecular flexibility index (Phi) is 42.9. The maximum atomic E-state index is 12.6. The third-order valence-corrected chi connectivity index (χ3v) is 10.3. The van der Waals surface area contributed by atoms with Crippen LogP contribution in [0.2, 0.25) is 0 Å². The molecule has 0 fully saturated rings. The van der Waals surface area contributed by atoms with Crippen molar-refractivity contribution < 1.29 is 23.8 Å². The van der Waals surface area contributed by atoms with Crippen LogP contribution < -0.4 is 0 Å². The summed E-state index contributed by atoms with van der Waals surface area (Å²) in [6.45, 7) is 7.82. The summed E-state index contributed by atoms with van der Waals surface area (Å²) in [7, 11) is 0. The van der Waals surface area contributed by atoms with Gasteiger partial charge in [0, 0.05) is 19.4 Å². The van der Waals surface area contributed by atoms with E-state index in [9.17, 15) is 9.59 Å². The smallest absolute Gasteiger partial charge is 0.306 e. The zero-order valence-electron chi connectivity index (χ0n) is 35.4. The van der Waals surface area contributed by atoms with E-state index in [1.54, 1.807) is 0 Å². The van der Waals surface area contributed by atoms with Gasteiger partial charge in [0.2, 0.25) is 0 Å². The number of hydrogen-bond acceptors (Lipinski definition) is 5. The highest BCUT2D eigenvalue weighted by Gasteiger charge is 2.17. The summed E-state index contributed by atoms with van der Waals surface area (Å²) in [6, 6.07) is 0. The average molecular weight is 735 g/mol. The van der Waals surface area contributed by atoms with Crippen molar-refractivity contribution in [2.24, 2.45) is 0 Å². The Hall–Kier alpha value is -1.36. The first-order valence-electron chi connectivity index (χ1n) is 23.2. The maximum absolute atomic E-state index is 12.6. The monoisotopic (exact) mass is 735 g/mol. The molecule has 0 spiro atoms. The molecule has 0 aromatic carbocycles. The Bertz CT molecular complexity index is 750. The van der Waals surface area contributed by atoms with Gasteiger partial charge in [-0.1, -0.05) is 206 Å². The Morgan fingerprint density at radius 3 is 1.17 bits per heavy atom. The third-order valence-electron chi connectivity index (χ3n) is 10.3. The van der Waals surface area contributed by atoms with E-state index in [0.29, 0.717) is 26.1 Å². The molecule has 1 unspecified atom stereocenters. The fraction of sp³-hybridized carbons (Fsp3) is 0.915. The van der Waals surface area contributed by atoms with Crippen LogP contribution in [0.3, 0.4) is 0 Å². The summed E-state index contributed by atoms with van der Waals surface area (Å²) in [5, 5.41) is 0. The first kappa shape index (κ1) is 50.6. The van der Waals surface area contributed by atoms with Crippen LogP contribution in [-0.2, 0) is 23.8 Å². The minimum absolute atomic E-state index is 0.0918. The van der Waals surface area contributed by atoms with E-state index < -0.39 is 6.10 Å². The second-order valence-electron chi connectivity index (χ2n) is 15.7. The highest BCUT2D eigenvalue weighted by Crippen LogP contribution is 2.15. The molecule has 308 valence electrons. The molecule has 0 N–H and O–H groups in total. The highest BCUT2D eigenvalue weighted by atomic mass is 16.6. The summed E-state index contributed by atoms with van der Waals surface area (Å²) in [5.74, 6) is -0.392. The molecule has 0 aliphatic carbocycles. The van der Waals surface area contributed by atoms with Crippen LogP contribution in [-0.4, -0.2) is 37.9 Å². The van der Waals surface area contributed by atoms with Crippen molar-refractivity contribution in [2.75, 3.05) is 19.8 Å². The van der Waals surface area contributed by atoms with E-state index in [1.165, 1.54) is 186 Å². The predicted octanol–water partition coefficient (Wildman–Crippen LogP) is 15.1. The fourth-order valence-corrected chi connectivity index (χ4v) is 6.80. The largest absolute Gasteiger partial charge is 0.462 e. The molecular formula is C47H90O5. The fourth-order valence-electron chi connectivity index (χ4n) is 6.80. The molecule has 0 aliphatic heterocycles. The topological polar surface area (TPSA) is 61.8 Å². The lowest BCUT2D eigenvalue weighted by Gasteiger charge is -2.18. The van der Waals surface area contributed by atoms with Crippen molar-refractivity contribution in [2.45, 2.75) is 258 Å². The first-order chi connectivity index (χ1) is 25.6. The molecule has 0 amide bonds. The molecule has 52 heavy (non-hydrogen) atoms. The van der Waals surface area contributed by atoms with E-state index in [-0.39, 0.29) is 18.5 Å². The molecule has 0 aromatic heterocycles. The van der Waals surface area contributed by atoms with Crippen molar-refractivity contribution in [3.05, 3.63) is 12.2 Å². The van der Waals surface area contributed by atoms with E-state index in [2.05, 4.69) is 32.9 Å². The van der Waals surface area contributed by atoms with Crippen LogP contribution in [0, 0.1) is 0 Å². The molecule has 0 aromatic rings. The van der Waals surface area contributed by atoms with Crippen molar-refractivity contribution in [3.63, 3.8) is 0 Å². The molecule has 0 bridgehead atoms.